The first-order valence-electron chi connectivity index (χ1n) is 11.0. The fourth-order valence-electron chi connectivity index (χ4n) is 5.67. The van der Waals surface area contributed by atoms with Gasteiger partial charge in [-0.15, -0.1) is 0 Å². The first-order valence-corrected chi connectivity index (χ1v) is 11.0. The van der Waals surface area contributed by atoms with Gasteiger partial charge in [0.2, 0.25) is 0 Å². The van der Waals surface area contributed by atoms with Gasteiger partial charge in [0.1, 0.15) is 29.2 Å². The molecule has 0 spiro atoms. The number of alkyl halides is 2. The van der Waals surface area contributed by atoms with Crippen LogP contribution in [-0.4, -0.2) is 30.7 Å². The molecule has 10 heteroatoms. The minimum Gasteiger partial charge on any atom is -0.383 e. The number of benzene rings is 1. The van der Waals surface area contributed by atoms with Crippen molar-refractivity contribution in [2.45, 2.75) is 49.6 Å². The van der Waals surface area contributed by atoms with Crippen molar-refractivity contribution in [3.63, 3.8) is 0 Å². The van der Waals surface area contributed by atoms with Gasteiger partial charge in [0.05, 0.1) is 5.39 Å². The van der Waals surface area contributed by atoms with E-state index in [1.165, 1.54) is 18.5 Å². The molecule has 0 aliphatic heterocycles. The molecule has 4 saturated carbocycles. The van der Waals surface area contributed by atoms with Gasteiger partial charge in [-0.1, -0.05) is 0 Å². The van der Waals surface area contributed by atoms with Crippen LogP contribution in [0.15, 0.2) is 35.5 Å². The number of pyridine rings is 1. The summed E-state index contributed by atoms with van der Waals surface area (Å²) in [6.45, 7) is 0. The SMILES string of the molecule is Nc1ncnc2c1c(-c1cc3c(=O)n(C45CC(C4)C5)ccc3cc1F)nn2C1(C(F)F)CC1. The van der Waals surface area contributed by atoms with Gasteiger partial charge in [-0.2, -0.15) is 5.10 Å². The highest BCUT2D eigenvalue weighted by Crippen LogP contribution is 2.61. The maximum Gasteiger partial charge on any atom is 0.263 e. The molecule has 3 heterocycles. The topological polar surface area (TPSA) is 91.6 Å². The van der Waals surface area contributed by atoms with Crippen LogP contribution in [0.5, 0.6) is 0 Å². The molecule has 3 aromatic heterocycles. The van der Waals surface area contributed by atoms with Crippen LogP contribution >= 0.6 is 0 Å². The summed E-state index contributed by atoms with van der Waals surface area (Å²) in [6, 6.07) is 4.48. The van der Waals surface area contributed by atoms with Crippen LogP contribution < -0.4 is 11.3 Å². The Hall–Kier alpha value is -3.43. The average Bonchev–Trinajstić information content (AvgIpc) is 3.43. The zero-order valence-corrected chi connectivity index (χ0v) is 17.4. The lowest BCUT2D eigenvalue weighted by Crippen LogP contribution is -2.61. The lowest BCUT2D eigenvalue weighted by Gasteiger charge is -2.62. The molecule has 33 heavy (non-hydrogen) atoms. The van der Waals surface area contributed by atoms with Gasteiger partial charge in [-0.05, 0) is 61.6 Å². The summed E-state index contributed by atoms with van der Waals surface area (Å²) in [5, 5.41) is 5.42. The predicted molar refractivity (Wildman–Crippen MR) is 115 cm³/mol. The summed E-state index contributed by atoms with van der Waals surface area (Å²) < 4.78 is 46.0. The number of hydrogen-bond donors (Lipinski definition) is 1. The first-order chi connectivity index (χ1) is 15.8. The molecule has 8 rings (SSSR count). The van der Waals surface area contributed by atoms with Crippen LogP contribution in [0.4, 0.5) is 19.0 Å². The predicted octanol–water partition coefficient (Wildman–Crippen LogP) is 3.79. The number of hydrogen-bond acceptors (Lipinski definition) is 5. The summed E-state index contributed by atoms with van der Waals surface area (Å²) in [4.78, 5) is 21.5. The normalized spacial score (nSPS) is 24.8. The van der Waals surface area contributed by atoms with Crippen molar-refractivity contribution in [1.82, 2.24) is 24.3 Å². The van der Waals surface area contributed by atoms with E-state index in [2.05, 4.69) is 15.1 Å². The van der Waals surface area contributed by atoms with E-state index in [1.807, 2.05) is 0 Å². The number of nitrogens with zero attached hydrogens (tertiary/aromatic N) is 5. The molecule has 4 aliphatic carbocycles. The molecule has 4 fully saturated rings. The number of halogens is 3. The monoisotopic (exact) mass is 452 g/mol. The number of fused-ring (bicyclic) bond motifs is 2. The molecule has 2 bridgehead atoms. The van der Waals surface area contributed by atoms with E-state index in [1.54, 1.807) is 16.8 Å². The second kappa shape index (κ2) is 5.92. The maximum atomic E-state index is 15.3. The zero-order chi connectivity index (χ0) is 22.7. The first kappa shape index (κ1) is 19.1. The number of anilines is 1. The van der Waals surface area contributed by atoms with Crippen LogP contribution in [0.3, 0.4) is 0 Å². The third-order valence-electron chi connectivity index (χ3n) is 7.85. The molecule has 168 valence electrons. The summed E-state index contributed by atoms with van der Waals surface area (Å²) in [5.41, 5.74) is 4.50. The van der Waals surface area contributed by atoms with Crippen LogP contribution in [0.1, 0.15) is 32.1 Å². The molecule has 4 aliphatic rings. The van der Waals surface area contributed by atoms with Gasteiger partial charge in [0.15, 0.2) is 5.65 Å². The maximum absolute atomic E-state index is 15.3. The van der Waals surface area contributed by atoms with E-state index >= 15 is 4.39 Å². The van der Waals surface area contributed by atoms with Gasteiger partial charge < -0.3 is 10.3 Å². The Labute approximate surface area is 185 Å². The van der Waals surface area contributed by atoms with E-state index in [4.69, 9.17) is 5.73 Å². The van der Waals surface area contributed by atoms with Crippen molar-refractivity contribution < 1.29 is 13.2 Å². The summed E-state index contributed by atoms with van der Waals surface area (Å²) >= 11 is 0. The van der Waals surface area contributed by atoms with Crippen molar-refractivity contribution in [1.29, 1.82) is 0 Å². The standard InChI is InChI=1S/C23H19F3N6O/c24-15-5-12-1-4-31(22-7-11(8-22)9-22)20(33)13(12)6-14(15)17-16-18(27)28-10-29-19(16)32(30-17)23(2-3-23)21(25)26/h1,4-6,10-11,21H,2-3,7-9H2,(H2,27,28,29). The molecular formula is C23H19F3N6O. The fraction of sp³-hybridized carbons (Fsp3) is 0.391. The largest absolute Gasteiger partial charge is 0.383 e. The van der Waals surface area contributed by atoms with Gasteiger partial charge in [-0.25, -0.2) is 27.8 Å². The molecule has 1 aromatic carbocycles. The van der Waals surface area contributed by atoms with Crippen molar-refractivity contribution in [2.75, 3.05) is 5.73 Å². The lowest BCUT2D eigenvalue weighted by atomic mass is 9.49. The minimum absolute atomic E-state index is 0.0187. The highest BCUT2D eigenvalue weighted by atomic mass is 19.3. The van der Waals surface area contributed by atoms with E-state index in [0.717, 1.165) is 23.9 Å². The Morgan fingerprint density at radius 1 is 1.15 bits per heavy atom. The fourth-order valence-corrected chi connectivity index (χ4v) is 5.67. The van der Waals surface area contributed by atoms with Crippen LogP contribution in [0.2, 0.25) is 0 Å². The number of rotatable bonds is 4. The highest BCUT2D eigenvalue weighted by Gasteiger charge is 2.58. The second-order valence-corrected chi connectivity index (χ2v) is 9.74. The van der Waals surface area contributed by atoms with Crippen LogP contribution in [0.25, 0.3) is 33.1 Å². The van der Waals surface area contributed by atoms with Gasteiger partial charge >= 0.3 is 0 Å². The molecule has 4 aromatic rings. The number of nitrogen functional groups attached to an aromatic ring is 1. The van der Waals surface area contributed by atoms with Crippen molar-refractivity contribution in [3.05, 3.63) is 46.9 Å². The molecule has 0 atom stereocenters. The molecule has 7 nitrogen and oxygen atoms in total. The quantitative estimate of drug-likeness (QED) is 0.509. The molecular weight excluding hydrogens is 433 g/mol. The summed E-state index contributed by atoms with van der Waals surface area (Å²) in [6.07, 6.45) is 3.71. The van der Waals surface area contributed by atoms with Crippen molar-refractivity contribution >= 4 is 27.6 Å². The van der Waals surface area contributed by atoms with E-state index < -0.39 is 17.8 Å². The van der Waals surface area contributed by atoms with Crippen LogP contribution in [0, 0.1) is 11.7 Å². The molecule has 0 amide bonds. The Balaban J connectivity index is 1.48. The molecule has 0 saturated heterocycles. The summed E-state index contributed by atoms with van der Waals surface area (Å²) in [5.74, 6) is 0.0891. The van der Waals surface area contributed by atoms with Crippen LogP contribution in [-0.2, 0) is 11.1 Å². The second-order valence-electron chi connectivity index (χ2n) is 9.74. The van der Waals surface area contributed by atoms with E-state index in [9.17, 15) is 13.6 Å². The Kier molecular flexibility index (Phi) is 3.42. The molecule has 2 N–H and O–H groups in total. The third kappa shape index (κ3) is 2.30. The van der Waals surface area contributed by atoms with Gasteiger partial charge in [0, 0.05) is 22.7 Å². The van der Waals surface area contributed by atoms with Gasteiger partial charge in [0.25, 0.3) is 12.0 Å². The van der Waals surface area contributed by atoms with Crippen molar-refractivity contribution in [3.8, 4) is 11.3 Å². The zero-order valence-electron chi connectivity index (χ0n) is 17.4. The summed E-state index contributed by atoms with van der Waals surface area (Å²) in [7, 11) is 0. The number of aromatic nitrogens is 5. The van der Waals surface area contributed by atoms with Gasteiger partial charge in [-0.3, -0.25) is 4.79 Å². The minimum atomic E-state index is -2.66. The molecule has 0 unspecified atom stereocenters. The Morgan fingerprint density at radius 2 is 1.91 bits per heavy atom. The lowest BCUT2D eigenvalue weighted by molar-refractivity contribution is -0.0910. The molecule has 0 radical (unpaired) electrons. The smallest absolute Gasteiger partial charge is 0.263 e. The van der Waals surface area contributed by atoms with E-state index in [-0.39, 0.29) is 52.0 Å². The number of nitrogens with two attached hydrogens (primary N) is 1. The Morgan fingerprint density at radius 3 is 2.55 bits per heavy atom. The third-order valence-corrected chi connectivity index (χ3v) is 7.85. The van der Waals surface area contributed by atoms with Crippen molar-refractivity contribution in [2.24, 2.45) is 5.92 Å². The highest BCUT2D eigenvalue weighted by molar-refractivity contribution is 6.00. The Bertz CT molecular complexity index is 1540. The van der Waals surface area contributed by atoms with E-state index in [0.29, 0.717) is 16.7 Å². The average molecular weight is 452 g/mol.